The van der Waals surface area contributed by atoms with Crippen molar-refractivity contribution < 1.29 is 19.1 Å². The topological polar surface area (TPSA) is 52.6 Å². The highest BCUT2D eigenvalue weighted by Crippen LogP contribution is 2.17. The van der Waals surface area contributed by atoms with E-state index in [0.29, 0.717) is 12.0 Å². The summed E-state index contributed by atoms with van der Waals surface area (Å²) in [5, 5.41) is 0. The van der Waals surface area contributed by atoms with Gasteiger partial charge in [0.1, 0.15) is 6.10 Å². The maximum Gasteiger partial charge on any atom is 0.335 e. The molecule has 0 amide bonds. The van der Waals surface area contributed by atoms with E-state index in [4.69, 9.17) is 9.47 Å². The first-order valence-corrected chi connectivity index (χ1v) is 4.58. The van der Waals surface area contributed by atoms with Gasteiger partial charge in [-0.15, -0.1) is 0 Å². The van der Waals surface area contributed by atoms with Crippen molar-refractivity contribution in [1.29, 1.82) is 0 Å². The lowest BCUT2D eigenvalue weighted by molar-refractivity contribution is -0.159. The van der Waals surface area contributed by atoms with Gasteiger partial charge in [-0.2, -0.15) is 0 Å². The first-order chi connectivity index (χ1) is 6.61. The van der Waals surface area contributed by atoms with Crippen molar-refractivity contribution in [2.75, 3.05) is 6.79 Å². The molecule has 1 unspecified atom stereocenters. The molecule has 1 saturated carbocycles. The smallest absolute Gasteiger partial charge is 0.335 e. The van der Waals surface area contributed by atoms with Crippen molar-refractivity contribution in [2.45, 2.75) is 32.3 Å². The van der Waals surface area contributed by atoms with Gasteiger partial charge in [0, 0.05) is 12.0 Å². The minimum atomic E-state index is -0.490. The van der Waals surface area contributed by atoms with Gasteiger partial charge in [-0.1, -0.05) is 6.58 Å². The van der Waals surface area contributed by atoms with E-state index in [0.717, 1.165) is 12.8 Å². The Morgan fingerprint density at radius 1 is 1.64 bits per heavy atom. The second-order valence-electron chi connectivity index (χ2n) is 3.34. The summed E-state index contributed by atoms with van der Waals surface area (Å²) in [5.41, 5.74) is 0.325. The standard InChI is InChI=1S/C10H14O4/c1-7(2)10(12)14-6-13-9-5-3-4-8(9)11/h9H,1,3-6H2,2H3. The third kappa shape index (κ3) is 2.96. The molecule has 4 heteroatoms. The van der Waals surface area contributed by atoms with Crippen LogP contribution in [0.5, 0.6) is 0 Å². The Morgan fingerprint density at radius 2 is 2.36 bits per heavy atom. The van der Waals surface area contributed by atoms with E-state index in [1.807, 2.05) is 0 Å². The molecule has 1 fully saturated rings. The van der Waals surface area contributed by atoms with E-state index in [-0.39, 0.29) is 18.7 Å². The van der Waals surface area contributed by atoms with E-state index in [2.05, 4.69) is 6.58 Å². The third-order valence-corrected chi connectivity index (χ3v) is 2.06. The Labute approximate surface area is 82.9 Å². The van der Waals surface area contributed by atoms with Crippen LogP contribution in [0, 0.1) is 0 Å². The molecule has 0 N–H and O–H groups in total. The molecule has 0 aromatic heterocycles. The van der Waals surface area contributed by atoms with Crippen LogP contribution in [-0.2, 0) is 19.1 Å². The molecule has 0 saturated heterocycles. The van der Waals surface area contributed by atoms with Gasteiger partial charge in [0.15, 0.2) is 12.6 Å². The Morgan fingerprint density at radius 3 is 2.86 bits per heavy atom. The molecule has 1 aliphatic rings. The first kappa shape index (κ1) is 10.9. The minimum absolute atomic E-state index is 0.0939. The van der Waals surface area contributed by atoms with E-state index < -0.39 is 5.97 Å². The van der Waals surface area contributed by atoms with Crippen LogP contribution in [0.4, 0.5) is 0 Å². The van der Waals surface area contributed by atoms with Gasteiger partial charge >= 0.3 is 5.97 Å². The molecule has 0 spiro atoms. The van der Waals surface area contributed by atoms with Crippen LogP contribution >= 0.6 is 0 Å². The lowest BCUT2D eigenvalue weighted by atomic mass is 10.3. The highest BCUT2D eigenvalue weighted by molar-refractivity contribution is 5.87. The van der Waals surface area contributed by atoms with Gasteiger partial charge < -0.3 is 9.47 Å². The summed E-state index contributed by atoms with van der Waals surface area (Å²) in [6.45, 7) is 4.82. The summed E-state index contributed by atoms with van der Waals surface area (Å²) in [6, 6.07) is 0. The fraction of sp³-hybridized carbons (Fsp3) is 0.600. The molecule has 78 valence electrons. The predicted molar refractivity (Wildman–Crippen MR) is 49.5 cm³/mol. The number of ether oxygens (including phenoxy) is 2. The molecule has 4 nitrogen and oxygen atoms in total. The van der Waals surface area contributed by atoms with Crippen LogP contribution in [0.2, 0.25) is 0 Å². The SMILES string of the molecule is C=C(C)C(=O)OCOC1CCCC1=O. The average Bonchev–Trinajstić information content (AvgIpc) is 2.51. The van der Waals surface area contributed by atoms with Gasteiger partial charge in [0.2, 0.25) is 0 Å². The number of Topliss-reactive ketones (excluding diaryl/α,β-unsaturated/α-hetero) is 1. The lowest BCUT2D eigenvalue weighted by Crippen LogP contribution is -2.20. The highest BCUT2D eigenvalue weighted by Gasteiger charge is 2.25. The normalized spacial score (nSPS) is 20.9. The molecule has 0 aromatic rings. The fourth-order valence-electron chi connectivity index (χ4n) is 1.25. The zero-order valence-corrected chi connectivity index (χ0v) is 8.25. The third-order valence-electron chi connectivity index (χ3n) is 2.06. The maximum absolute atomic E-state index is 11.1. The molecule has 0 bridgehead atoms. The van der Waals surface area contributed by atoms with Crippen molar-refractivity contribution in [3.05, 3.63) is 12.2 Å². The molecule has 1 atom stereocenters. The minimum Gasteiger partial charge on any atom is -0.435 e. The first-order valence-electron chi connectivity index (χ1n) is 4.58. The van der Waals surface area contributed by atoms with Crippen molar-refractivity contribution in [1.82, 2.24) is 0 Å². The van der Waals surface area contributed by atoms with Gasteiger partial charge in [-0.3, -0.25) is 4.79 Å². The van der Waals surface area contributed by atoms with Crippen molar-refractivity contribution in [3.63, 3.8) is 0 Å². The number of carbonyl (C=O) groups is 2. The summed E-state index contributed by atoms with van der Waals surface area (Å²) < 4.78 is 9.80. The van der Waals surface area contributed by atoms with Crippen LogP contribution in [0.15, 0.2) is 12.2 Å². The van der Waals surface area contributed by atoms with Gasteiger partial charge in [-0.05, 0) is 19.8 Å². The molecule has 0 heterocycles. The molecule has 0 radical (unpaired) electrons. The van der Waals surface area contributed by atoms with Crippen LogP contribution in [-0.4, -0.2) is 24.6 Å². The Balaban J connectivity index is 2.18. The summed E-state index contributed by atoms with van der Waals surface area (Å²) >= 11 is 0. The quantitative estimate of drug-likeness (QED) is 0.387. The van der Waals surface area contributed by atoms with Gasteiger partial charge in [-0.25, -0.2) is 4.79 Å². The monoisotopic (exact) mass is 198 g/mol. The summed E-state index contributed by atoms with van der Waals surface area (Å²) in [7, 11) is 0. The number of carbonyl (C=O) groups excluding carboxylic acids is 2. The number of ketones is 1. The summed E-state index contributed by atoms with van der Waals surface area (Å²) in [5.74, 6) is -0.396. The van der Waals surface area contributed by atoms with Crippen molar-refractivity contribution in [3.8, 4) is 0 Å². The zero-order valence-electron chi connectivity index (χ0n) is 8.25. The van der Waals surface area contributed by atoms with Crippen LogP contribution in [0.1, 0.15) is 26.2 Å². The lowest BCUT2D eigenvalue weighted by Gasteiger charge is -2.09. The fourth-order valence-corrected chi connectivity index (χ4v) is 1.25. The molecule has 1 rings (SSSR count). The van der Waals surface area contributed by atoms with Crippen LogP contribution < -0.4 is 0 Å². The number of hydrogen-bond acceptors (Lipinski definition) is 4. The van der Waals surface area contributed by atoms with Crippen LogP contribution in [0.3, 0.4) is 0 Å². The molecule has 0 aromatic carbocycles. The van der Waals surface area contributed by atoms with Gasteiger partial charge in [0.05, 0.1) is 0 Å². The summed E-state index contributed by atoms with van der Waals surface area (Å²) in [6.07, 6.45) is 1.77. The van der Waals surface area contributed by atoms with E-state index in [1.54, 1.807) is 6.92 Å². The van der Waals surface area contributed by atoms with Gasteiger partial charge in [0.25, 0.3) is 0 Å². The van der Waals surface area contributed by atoms with Crippen molar-refractivity contribution >= 4 is 11.8 Å². The second kappa shape index (κ2) is 4.91. The average molecular weight is 198 g/mol. The second-order valence-corrected chi connectivity index (χ2v) is 3.34. The zero-order chi connectivity index (χ0) is 10.6. The van der Waals surface area contributed by atoms with Crippen LogP contribution in [0.25, 0.3) is 0 Å². The summed E-state index contributed by atoms with van der Waals surface area (Å²) in [4.78, 5) is 22.0. The molecule has 0 aliphatic heterocycles. The van der Waals surface area contributed by atoms with E-state index in [1.165, 1.54) is 0 Å². The Kier molecular flexibility index (Phi) is 3.83. The Bertz CT molecular complexity index is 257. The number of rotatable bonds is 4. The van der Waals surface area contributed by atoms with E-state index >= 15 is 0 Å². The molecule has 14 heavy (non-hydrogen) atoms. The number of esters is 1. The predicted octanol–water partition coefficient (Wildman–Crippen LogP) is 1.20. The van der Waals surface area contributed by atoms with Crippen molar-refractivity contribution in [2.24, 2.45) is 0 Å². The molecular weight excluding hydrogens is 184 g/mol. The largest absolute Gasteiger partial charge is 0.435 e. The maximum atomic E-state index is 11.1. The highest BCUT2D eigenvalue weighted by atomic mass is 16.7. The molecule has 1 aliphatic carbocycles. The molecular formula is C10H14O4. The number of hydrogen-bond donors (Lipinski definition) is 0. The van der Waals surface area contributed by atoms with E-state index in [9.17, 15) is 9.59 Å². The Hall–Kier alpha value is -1.16.